The molecular formula is F5KO10P3V-5. The zero-order valence-corrected chi connectivity index (χ0v) is 16.0. The Morgan fingerprint density at radius 1 is 0.650 bits per heavy atom. The summed E-state index contributed by atoms with van der Waals surface area (Å²) < 4.78 is 74.0. The Hall–Kier alpha value is 2.28. The first-order valence-electron chi connectivity index (χ1n) is 2.46. The van der Waals surface area contributed by atoms with Gasteiger partial charge in [0.05, 0.1) is 0 Å². The quantitative estimate of drug-likeness (QED) is 0.199. The second-order valence-electron chi connectivity index (χ2n) is 1.35. The number of hydrogen-bond donors (Lipinski definition) is 0. The molecule has 0 aliphatic carbocycles. The molecule has 0 saturated carbocycles. The van der Waals surface area contributed by atoms with Gasteiger partial charge in [-0.25, -0.2) is 12.6 Å². The van der Waals surface area contributed by atoms with E-state index in [9.17, 15) is 12.6 Å². The van der Waals surface area contributed by atoms with E-state index in [4.69, 9.17) is 52.1 Å². The summed E-state index contributed by atoms with van der Waals surface area (Å²) in [5.74, 6) is 0. The summed E-state index contributed by atoms with van der Waals surface area (Å²) in [6.07, 6.45) is 0. The summed E-state index contributed by atoms with van der Waals surface area (Å²) in [7, 11) is -16.9. The van der Waals surface area contributed by atoms with E-state index in [2.05, 4.69) is 0 Å². The van der Waals surface area contributed by atoms with Gasteiger partial charge < -0.3 is 43.1 Å². The molecule has 0 saturated heterocycles. The zero-order chi connectivity index (χ0) is 16.2. The Labute approximate surface area is 162 Å². The third-order valence-corrected chi connectivity index (χ3v) is 0. The fourth-order valence-electron chi connectivity index (χ4n) is 0. The first kappa shape index (κ1) is 38.1. The van der Waals surface area contributed by atoms with Crippen LogP contribution < -0.4 is 80.7 Å². The van der Waals surface area contributed by atoms with Gasteiger partial charge in [-0.05, 0) is 9.05 Å². The summed E-state index contributed by atoms with van der Waals surface area (Å²) in [6.45, 7) is 0. The molecule has 20 heavy (non-hydrogen) atoms. The molecule has 0 fully saturated rings. The zero-order valence-electron chi connectivity index (χ0n) is 8.76. The number of hydrogen-bond acceptors (Lipinski definition) is 10. The second-order valence-corrected chi connectivity index (χ2v) is 3.93. The molecule has 0 heterocycles. The normalized spacial score (nSPS) is 9.75. The van der Waals surface area contributed by atoms with Gasteiger partial charge in [-0.3, -0.25) is 0 Å². The van der Waals surface area contributed by atoms with Crippen molar-refractivity contribution in [3.8, 4) is 0 Å². The van der Waals surface area contributed by atoms with Gasteiger partial charge >= 0.3 is 51.4 Å². The van der Waals surface area contributed by atoms with E-state index in [1.54, 1.807) is 0 Å². The average Bonchev–Trinajstić information content (AvgIpc) is 1.71. The topological polar surface area (TPSA) is 199 Å². The predicted molar refractivity (Wildman–Crippen MR) is 29.4 cm³/mol. The molecule has 0 unspecified atom stereocenters. The van der Waals surface area contributed by atoms with Crippen molar-refractivity contribution < 1.29 is 140 Å². The molecule has 0 aliphatic heterocycles. The van der Waals surface area contributed by atoms with Gasteiger partial charge in [0.25, 0.3) is 0 Å². The maximum absolute atomic E-state index is 10.1. The summed E-state index contributed by atoms with van der Waals surface area (Å²) in [6, 6.07) is 0. The summed E-state index contributed by atoms with van der Waals surface area (Å²) in [5.41, 5.74) is 0. The monoisotopic (exact) mass is 438 g/mol. The van der Waals surface area contributed by atoms with Crippen molar-refractivity contribution in [3.05, 3.63) is 0 Å². The van der Waals surface area contributed by atoms with Crippen molar-refractivity contribution in [2.75, 3.05) is 0 Å². The van der Waals surface area contributed by atoms with Gasteiger partial charge in [0.2, 0.25) is 0 Å². The third kappa shape index (κ3) is 1450. The molecule has 0 aromatic carbocycles. The van der Waals surface area contributed by atoms with Gasteiger partial charge in [-0.1, -0.05) is 0 Å². The molecule has 0 rings (SSSR count). The van der Waals surface area contributed by atoms with Gasteiger partial charge in [0.1, 0.15) is 23.7 Å². The van der Waals surface area contributed by atoms with Gasteiger partial charge in [-0.2, -0.15) is 0 Å². The summed E-state index contributed by atoms with van der Waals surface area (Å²) >= 11 is 0. The van der Waals surface area contributed by atoms with Crippen LogP contribution in [0.1, 0.15) is 0 Å². The van der Waals surface area contributed by atoms with Crippen molar-refractivity contribution in [1.82, 2.24) is 0 Å². The van der Waals surface area contributed by atoms with Crippen molar-refractivity contribution >= 4 is 23.7 Å². The minimum atomic E-state index is -5.64. The average molecular weight is 438 g/mol. The van der Waals surface area contributed by atoms with E-state index >= 15 is 0 Å². The van der Waals surface area contributed by atoms with Crippen molar-refractivity contribution in [3.63, 3.8) is 0 Å². The maximum Gasteiger partial charge on any atom is 1.00 e. The van der Waals surface area contributed by atoms with Crippen LogP contribution in [0, 0.1) is 0 Å². The van der Waals surface area contributed by atoms with E-state index in [0.29, 0.717) is 0 Å². The fourth-order valence-corrected chi connectivity index (χ4v) is 0. The molecule has 1 radical (unpaired) electrons. The van der Waals surface area contributed by atoms with Crippen molar-refractivity contribution in [2.45, 2.75) is 0 Å². The molecule has 20 heteroatoms. The van der Waals surface area contributed by atoms with Crippen LogP contribution in [-0.4, -0.2) is 0 Å². The van der Waals surface area contributed by atoms with Crippen LogP contribution in [0.4, 0.5) is 21.6 Å². The molecule has 121 valence electrons. The van der Waals surface area contributed by atoms with Gasteiger partial charge in [0.15, 0.2) is 0 Å². The number of halogens is 5. The first-order valence-corrected chi connectivity index (χ1v) is 6.76. The molecule has 0 bridgehead atoms. The molecule has 0 N–H and O–H groups in total. The van der Waals surface area contributed by atoms with Crippen LogP contribution in [0.15, 0.2) is 0 Å². The Kier molecular flexibility index (Phi) is 36.8. The third-order valence-electron chi connectivity index (χ3n) is 0. The van der Waals surface area contributed by atoms with Gasteiger partial charge in [-0.15, -0.1) is 0 Å². The molecule has 0 aromatic rings. The molecule has 10 nitrogen and oxygen atoms in total. The molecule has 0 aliphatic rings. The van der Waals surface area contributed by atoms with Crippen LogP contribution in [0.5, 0.6) is 0 Å². The van der Waals surface area contributed by atoms with Crippen LogP contribution in [0.25, 0.3) is 0 Å². The summed E-state index contributed by atoms with van der Waals surface area (Å²) in [5, 5.41) is 1.25. The van der Waals surface area contributed by atoms with Crippen LogP contribution in [0.3, 0.4) is 0 Å². The second kappa shape index (κ2) is 19.3. The Bertz CT molecular complexity index is 236. The molecule has 0 spiro atoms. The Morgan fingerprint density at radius 2 is 0.650 bits per heavy atom. The SMILES string of the molecule is FOF.O=P([O-])([O-])F.O=P([O-])([O-])F.O=P([O-])([O-])F.[K+].[V]. The molecule has 0 amide bonds. The predicted octanol–water partition coefficient (Wildman–Crippen LogP) is -5.87. The number of rotatable bonds is 0. The molecule has 0 atom stereocenters. The van der Waals surface area contributed by atoms with Crippen LogP contribution in [-0.2, 0) is 37.4 Å². The minimum Gasteiger partial charge on any atom is -0.786 e. The van der Waals surface area contributed by atoms with E-state index < -0.39 is 23.7 Å². The fraction of sp³-hybridized carbons (Fsp3) is 0. The minimum absolute atomic E-state index is 0. The van der Waals surface area contributed by atoms with Crippen LogP contribution in [0.2, 0.25) is 0 Å². The first-order chi connectivity index (χ1) is 7.41. The standard InChI is InChI=1S/F2O.3FH2O3P.K.V/c1-3-2;3*1-5(2,3)4;;/h;3*(H2,2,3,4);;/q;;;;+1;/p-6. The van der Waals surface area contributed by atoms with E-state index in [1.807, 2.05) is 0 Å². The molecular weight excluding hydrogens is 438 g/mol. The van der Waals surface area contributed by atoms with Gasteiger partial charge in [0, 0.05) is 23.7 Å². The maximum atomic E-state index is 10.1. The van der Waals surface area contributed by atoms with Crippen LogP contribution >= 0.6 is 23.7 Å². The Balaban J connectivity index is -0.0000000321. The van der Waals surface area contributed by atoms with Crippen molar-refractivity contribution in [1.29, 1.82) is 0 Å². The van der Waals surface area contributed by atoms with E-state index in [-0.39, 0.29) is 69.9 Å². The largest absolute Gasteiger partial charge is 1.00 e. The molecule has 0 aromatic heterocycles. The Morgan fingerprint density at radius 3 is 0.650 bits per heavy atom. The summed E-state index contributed by atoms with van der Waals surface area (Å²) in [4.78, 5) is 50.6. The smallest absolute Gasteiger partial charge is 0.786 e. The van der Waals surface area contributed by atoms with Crippen molar-refractivity contribution in [2.24, 2.45) is 0 Å². The van der Waals surface area contributed by atoms with E-state index in [1.165, 1.54) is 5.15 Å². The van der Waals surface area contributed by atoms with E-state index in [0.717, 1.165) is 0 Å².